The Morgan fingerprint density at radius 3 is 2.63 bits per heavy atom. The van der Waals surface area contributed by atoms with E-state index in [4.69, 9.17) is 16.3 Å². The van der Waals surface area contributed by atoms with Crippen molar-refractivity contribution in [3.05, 3.63) is 58.9 Å². The van der Waals surface area contributed by atoms with E-state index in [1.165, 1.54) is 6.20 Å². The van der Waals surface area contributed by atoms with Crippen LogP contribution in [0.25, 0.3) is 0 Å². The number of amides is 2. The van der Waals surface area contributed by atoms with Gasteiger partial charge in [-0.1, -0.05) is 29.8 Å². The lowest BCUT2D eigenvalue weighted by Gasteiger charge is -2.32. The van der Waals surface area contributed by atoms with E-state index in [2.05, 4.69) is 10.3 Å². The number of aromatic nitrogens is 1. The molecule has 2 aromatic rings. The number of benzene rings is 1. The van der Waals surface area contributed by atoms with Gasteiger partial charge >= 0.3 is 0 Å². The molecule has 1 aromatic carbocycles. The molecule has 0 spiro atoms. The summed E-state index contributed by atoms with van der Waals surface area (Å²) in [6, 6.07) is 10.8. The fraction of sp³-hybridized carbons (Fsp3) is 0.350. The van der Waals surface area contributed by atoms with E-state index in [-0.39, 0.29) is 17.9 Å². The first-order valence-electron chi connectivity index (χ1n) is 8.89. The lowest BCUT2D eigenvalue weighted by molar-refractivity contribution is -0.131. The summed E-state index contributed by atoms with van der Waals surface area (Å²) in [6.07, 6.45) is 3.23. The summed E-state index contributed by atoms with van der Waals surface area (Å²) in [5.74, 6) is 0.633. The summed E-state index contributed by atoms with van der Waals surface area (Å²) < 4.78 is 5.31. The molecule has 1 saturated heterocycles. The number of methoxy groups -OCH3 is 1. The minimum Gasteiger partial charge on any atom is -0.496 e. The Kier molecular flexibility index (Phi) is 6.29. The molecule has 1 aliphatic rings. The molecule has 1 N–H and O–H groups in total. The molecule has 0 bridgehead atoms. The number of para-hydroxylation sites is 1. The fourth-order valence-electron chi connectivity index (χ4n) is 3.18. The van der Waals surface area contributed by atoms with Gasteiger partial charge in [0.2, 0.25) is 5.91 Å². The molecule has 0 atom stereocenters. The zero-order valence-electron chi connectivity index (χ0n) is 15.2. The van der Waals surface area contributed by atoms with E-state index in [1.807, 2.05) is 29.2 Å². The molecule has 2 amide bonds. The number of pyridine rings is 1. The van der Waals surface area contributed by atoms with Crippen molar-refractivity contribution in [2.24, 2.45) is 0 Å². The number of hydrogen-bond donors (Lipinski definition) is 1. The monoisotopic (exact) mass is 387 g/mol. The van der Waals surface area contributed by atoms with Crippen molar-refractivity contribution in [2.45, 2.75) is 25.3 Å². The topological polar surface area (TPSA) is 71.5 Å². The third kappa shape index (κ3) is 4.98. The standard InChI is InChI=1S/C20H22ClN3O3/c1-27-17-5-3-2-4-14(17)12-19(25)24-10-8-16(9-11-24)23-20(26)15-6-7-18(21)22-13-15/h2-7,13,16H,8-12H2,1H3,(H,23,26). The molecule has 0 unspecified atom stereocenters. The summed E-state index contributed by atoms with van der Waals surface area (Å²) in [7, 11) is 1.60. The van der Waals surface area contributed by atoms with E-state index in [0.717, 1.165) is 24.2 Å². The van der Waals surface area contributed by atoms with Gasteiger partial charge in [-0.25, -0.2) is 4.98 Å². The third-order valence-electron chi connectivity index (χ3n) is 4.71. The largest absolute Gasteiger partial charge is 0.496 e. The van der Waals surface area contributed by atoms with Crippen LogP contribution in [0.5, 0.6) is 5.75 Å². The maximum absolute atomic E-state index is 12.6. The van der Waals surface area contributed by atoms with Crippen LogP contribution in [0, 0.1) is 0 Å². The molecule has 1 aromatic heterocycles. The molecule has 6 nitrogen and oxygen atoms in total. The van der Waals surface area contributed by atoms with Gasteiger partial charge in [-0.2, -0.15) is 0 Å². The average Bonchev–Trinajstić information content (AvgIpc) is 2.69. The predicted octanol–water partition coefficient (Wildman–Crippen LogP) is 2.71. The number of carbonyl (C=O) groups is 2. The Hall–Kier alpha value is -2.60. The Morgan fingerprint density at radius 1 is 1.22 bits per heavy atom. The van der Waals surface area contributed by atoms with Crippen LogP contribution in [0.1, 0.15) is 28.8 Å². The Morgan fingerprint density at radius 2 is 1.96 bits per heavy atom. The lowest BCUT2D eigenvalue weighted by Crippen LogP contribution is -2.47. The highest BCUT2D eigenvalue weighted by molar-refractivity contribution is 6.29. The van der Waals surface area contributed by atoms with Gasteiger partial charge in [0.25, 0.3) is 5.91 Å². The number of rotatable bonds is 5. The van der Waals surface area contributed by atoms with Crippen LogP contribution in [-0.2, 0) is 11.2 Å². The summed E-state index contributed by atoms with van der Waals surface area (Å²) in [5.41, 5.74) is 1.37. The summed E-state index contributed by atoms with van der Waals surface area (Å²) in [6.45, 7) is 1.25. The summed E-state index contributed by atoms with van der Waals surface area (Å²) in [4.78, 5) is 30.6. The predicted molar refractivity (Wildman–Crippen MR) is 103 cm³/mol. The van der Waals surface area contributed by atoms with Crippen LogP contribution in [0.15, 0.2) is 42.6 Å². The lowest BCUT2D eigenvalue weighted by atomic mass is 10.0. The van der Waals surface area contributed by atoms with Gasteiger partial charge in [-0.05, 0) is 31.0 Å². The minimum atomic E-state index is -0.169. The third-order valence-corrected chi connectivity index (χ3v) is 4.93. The highest BCUT2D eigenvalue weighted by Crippen LogP contribution is 2.20. The Balaban J connectivity index is 1.50. The number of nitrogens with zero attached hydrogens (tertiary/aromatic N) is 2. The van der Waals surface area contributed by atoms with Gasteiger partial charge in [-0.3, -0.25) is 9.59 Å². The van der Waals surface area contributed by atoms with Gasteiger partial charge in [0.15, 0.2) is 0 Å². The van der Waals surface area contributed by atoms with E-state index >= 15 is 0 Å². The van der Waals surface area contributed by atoms with Gasteiger partial charge in [-0.15, -0.1) is 0 Å². The van der Waals surface area contributed by atoms with Crippen LogP contribution in [-0.4, -0.2) is 47.9 Å². The number of ether oxygens (including phenoxy) is 1. The molecular formula is C20H22ClN3O3. The van der Waals surface area contributed by atoms with Crippen molar-refractivity contribution in [1.29, 1.82) is 0 Å². The van der Waals surface area contributed by atoms with E-state index in [0.29, 0.717) is 30.2 Å². The van der Waals surface area contributed by atoms with Gasteiger partial charge < -0.3 is 15.0 Å². The Bertz CT molecular complexity index is 802. The summed E-state index contributed by atoms with van der Waals surface area (Å²) in [5, 5.41) is 3.36. The molecule has 142 valence electrons. The SMILES string of the molecule is COc1ccccc1CC(=O)N1CCC(NC(=O)c2ccc(Cl)nc2)CC1. The Labute approximate surface area is 163 Å². The van der Waals surface area contributed by atoms with Gasteiger partial charge in [0, 0.05) is 30.9 Å². The van der Waals surface area contributed by atoms with Crippen LogP contribution >= 0.6 is 11.6 Å². The van der Waals surface area contributed by atoms with Gasteiger partial charge in [0.05, 0.1) is 19.1 Å². The molecule has 2 heterocycles. The van der Waals surface area contributed by atoms with Gasteiger partial charge in [0.1, 0.15) is 10.9 Å². The molecule has 1 fully saturated rings. The molecule has 0 aliphatic carbocycles. The number of hydrogen-bond acceptors (Lipinski definition) is 4. The molecular weight excluding hydrogens is 366 g/mol. The number of nitrogens with one attached hydrogen (secondary N) is 1. The zero-order chi connectivity index (χ0) is 19.2. The number of halogens is 1. The second kappa shape index (κ2) is 8.86. The van der Waals surface area contributed by atoms with Crippen LogP contribution in [0.4, 0.5) is 0 Å². The van der Waals surface area contributed by atoms with Crippen molar-refractivity contribution in [3.8, 4) is 5.75 Å². The molecule has 1 aliphatic heterocycles. The van der Waals surface area contributed by atoms with Crippen molar-refractivity contribution in [3.63, 3.8) is 0 Å². The second-order valence-corrected chi connectivity index (χ2v) is 6.87. The summed E-state index contributed by atoms with van der Waals surface area (Å²) >= 11 is 5.74. The minimum absolute atomic E-state index is 0.0449. The number of carbonyl (C=O) groups excluding carboxylic acids is 2. The van der Waals surface area contributed by atoms with Crippen molar-refractivity contribution < 1.29 is 14.3 Å². The number of likely N-dealkylation sites (tertiary alicyclic amines) is 1. The van der Waals surface area contributed by atoms with Crippen molar-refractivity contribution in [1.82, 2.24) is 15.2 Å². The van der Waals surface area contributed by atoms with Crippen LogP contribution in [0.3, 0.4) is 0 Å². The molecule has 0 saturated carbocycles. The maximum Gasteiger partial charge on any atom is 0.253 e. The average molecular weight is 388 g/mol. The fourth-order valence-corrected chi connectivity index (χ4v) is 3.29. The maximum atomic E-state index is 12.6. The molecule has 27 heavy (non-hydrogen) atoms. The van der Waals surface area contributed by atoms with Crippen molar-refractivity contribution >= 4 is 23.4 Å². The highest BCUT2D eigenvalue weighted by atomic mass is 35.5. The quantitative estimate of drug-likeness (QED) is 0.801. The number of piperidine rings is 1. The first kappa shape index (κ1) is 19.2. The molecule has 0 radical (unpaired) electrons. The van der Waals surface area contributed by atoms with E-state index in [1.54, 1.807) is 19.2 Å². The molecule has 3 rings (SSSR count). The highest BCUT2D eigenvalue weighted by Gasteiger charge is 2.24. The van der Waals surface area contributed by atoms with E-state index in [9.17, 15) is 9.59 Å². The first-order chi connectivity index (χ1) is 13.1. The smallest absolute Gasteiger partial charge is 0.253 e. The molecule has 7 heteroatoms. The van der Waals surface area contributed by atoms with Crippen LogP contribution < -0.4 is 10.1 Å². The normalized spacial score (nSPS) is 14.7. The second-order valence-electron chi connectivity index (χ2n) is 6.49. The van der Waals surface area contributed by atoms with E-state index < -0.39 is 0 Å². The first-order valence-corrected chi connectivity index (χ1v) is 9.26. The van der Waals surface area contributed by atoms with Crippen LogP contribution in [0.2, 0.25) is 5.15 Å². The zero-order valence-corrected chi connectivity index (χ0v) is 15.9. The van der Waals surface area contributed by atoms with Crippen molar-refractivity contribution in [2.75, 3.05) is 20.2 Å².